The number of sulfonamides is 1. The second kappa shape index (κ2) is 11.2. The van der Waals surface area contributed by atoms with Crippen molar-refractivity contribution in [3.63, 3.8) is 0 Å². The van der Waals surface area contributed by atoms with Crippen LogP contribution in [0.4, 0.5) is 11.4 Å². The van der Waals surface area contributed by atoms with E-state index in [1.807, 2.05) is 0 Å². The number of hydrogen-bond donors (Lipinski definition) is 2. The minimum atomic E-state index is -4.02. The molecule has 6 nitrogen and oxygen atoms in total. The molecule has 4 aromatic carbocycles. The van der Waals surface area contributed by atoms with Gasteiger partial charge in [-0.1, -0.05) is 50.7 Å². The smallest absolute Gasteiger partial charge is 0.261 e. The Kier molecular flexibility index (Phi) is 8.26. The van der Waals surface area contributed by atoms with Gasteiger partial charge in [0.25, 0.3) is 15.9 Å². The molecule has 0 fully saturated rings. The van der Waals surface area contributed by atoms with Crippen molar-refractivity contribution in [3.8, 4) is 0 Å². The highest BCUT2D eigenvalue weighted by Crippen LogP contribution is 2.28. The number of carbonyl (C=O) groups is 2. The summed E-state index contributed by atoms with van der Waals surface area (Å²) in [7, 11) is -4.02. The molecule has 0 heterocycles. The minimum absolute atomic E-state index is 0.0201. The van der Waals surface area contributed by atoms with Gasteiger partial charge in [-0.15, -0.1) is 0 Å². The zero-order valence-corrected chi connectivity index (χ0v) is 23.3. The van der Waals surface area contributed by atoms with Crippen molar-refractivity contribution in [2.75, 3.05) is 10.0 Å². The highest BCUT2D eigenvalue weighted by atomic mass is 79.9. The maximum atomic E-state index is 13.3. The number of amides is 1. The molecule has 188 valence electrons. The van der Waals surface area contributed by atoms with Gasteiger partial charge in [-0.25, -0.2) is 8.42 Å². The van der Waals surface area contributed by atoms with Gasteiger partial charge in [0, 0.05) is 30.7 Å². The molecule has 0 atom stereocenters. The Bertz CT molecular complexity index is 1610. The van der Waals surface area contributed by atoms with E-state index in [0.29, 0.717) is 25.1 Å². The maximum absolute atomic E-state index is 13.3. The average molecular weight is 639 g/mol. The van der Waals surface area contributed by atoms with Crippen LogP contribution in [-0.4, -0.2) is 20.1 Å². The number of rotatable bonds is 7. The topological polar surface area (TPSA) is 92.3 Å². The summed E-state index contributed by atoms with van der Waals surface area (Å²) in [5, 5.41) is 3.85. The lowest BCUT2D eigenvalue weighted by molar-refractivity contribution is 0.102. The molecular weight excluding hydrogens is 623 g/mol. The van der Waals surface area contributed by atoms with Crippen molar-refractivity contribution in [2.45, 2.75) is 4.90 Å². The van der Waals surface area contributed by atoms with Crippen LogP contribution >= 0.6 is 50.7 Å². The van der Waals surface area contributed by atoms with Crippen LogP contribution in [0.1, 0.15) is 26.3 Å². The number of ketones is 1. The molecule has 0 aliphatic rings. The summed E-state index contributed by atoms with van der Waals surface area (Å²) in [6.45, 7) is 0. The monoisotopic (exact) mass is 636 g/mol. The lowest BCUT2D eigenvalue weighted by Crippen LogP contribution is -2.20. The summed E-state index contributed by atoms with van der Waals surface area (Å²) < 4.78 is 28.8. The molecule has 0 aromatic heterocycles. The van der Waals surface area contributed by atoms with Crippen molar-refractivity contribution in [3.05, 3.63) is 121 Å². The number of benzene rings is 4. The van der Waals surface area contributed by atoms with Gasteiger partial charge in [-0.05, 0) is 84.9 Å². The minimum Gasteiger partial charge on any atom is -0.321 e. The number of halogens is 4. The molecule has 0 saturated carbocycles. The molecule has 0 spiro atoms. The molecule has 4 aromatic rings. The Morgan fingerprint density at radius 3 is 1.89 bits per heavy atom. The summed E-state index contributed by atoms with van der Waals surface area (Å²) in [6.07, 6.45) is 0. The van der Waals surface area contributed by atoms with Gasteiger partial charge >= 0.3 is 0 Å². The molecule has 1 amide bonds. The third-order valence-corrected chi connectivity index (χ3v) is 7.79. The Labute approximate surface area is 236 Å². The van der Waals surface area contributed by atoms with Crippen LogP contribution < -0.4 is 10.0 Å². The van der Waals surface area contributed by atoms with Crippen LogP contribution in [0.2, 0.25) is 15.1 Å². The maximum Gasteiger partial charge on any atom is 0.261 e. The van der Waals surface area contributed by atoms with Gasteiger partial charge in [0.2, 0.25) is 0 Å². The van der Waals surface area contributed by atoms with E-state index < -0.39 is 15.9 Å². The van der Waals surface area contributed by atoms with Crippen LogP contribution in [0, 0.1) is 0 Å². The van der Waals surface area contributed by atoms with Gasteiger partial charge < -0.3 is 5.32 Å². The molecule has 0 saturated heterocycles. The summed E-state index contributed by atoms with van der Waals surface area (Å²) >= 11 is 21.2. The van der Waals surface area contributed by atoms with Crippen molar-refractivity contribution >= 4 is 83.8 Å². The van der Waals surface area contributed by atoms with E-state index in [2.05, 4.69) is 26.0 Å². The SMILES string of the molecule is O=C(Nc1ccc(Cl)cc1C(=O)c1ccc(Cl)cc1)c1cc(Br)ccc1NS(=O)(=O)c1ccc(Cl)cc1. The highest BCUT2D eigenvalue weighted by Gasteiger charge is 2.22. The second-order valence-corrected chi connectivity index (χ2v) is 11.6. The molecule has 4 rings (SSSR count). The summed E-state index contributed by atoms with van der Waals surface area (Å²) in [5.41, 5.74) is 0.755. The first-order chi connectivity index (χ1) is 17.5. The molecule has 0 aliphatic carbocycles. The van der Waals surface area contributed by atoms with E-state index >= 15 is 0 Å². The zero-order chi connectivity index (χ0) is 26.7. The van der Waals surface area contributed by atoms with Crippen LogP contribution in [0.3, 0.4) is 0 Å². The summed E-state index contributed by atoms with van der Waals surface area (Å²) in [5.74, 6) is -1.03. The number of carbonyl (C=O) groups excluding carboxylic acids is 2. The van der Waals surface area contributed by atoms with Crippen LogP contribution in [-0.2, 0) is 10.0 Å². The molecule has 0 unspecified atom stereocenters. The molecule has 0 aliphatic heterocycles. The molecular formula is C26H16BrCl3N2O4S. The van der Waals surface area contributed by atoms with Crippen molar-refractivity contribution < 1.29 is 18.0 Å². The first-order valence-electron chi connectivity index (χ1n) is 10.5. The highest BCUT2D eigenvalue weighted by molar-refractivity contribution is 9.10. The van der Waals surface area contributed by atoms with Crippen LogP contribution in [0.5, 0.6) is 0 Å². The third-order valence-electron chi connectivity index (χ3n) is 5.18. The second-order valence-electron chi connectivity index (χ2n) is 7.73. The predicted molar refractivity (Wildman–Crippen MR) is 151 cm³/mol. The fourth-order valence-corrected chi connectivity index (χ4v) is 5.24. The number of anilines is 2. The van der Waals surface area contributed by atoms with E-state index in [0.717, 1.165) is 0 Å². The molecule has 2 N–H and O–H groups in total. The van der Waals surface area contributed by atoms with Gasteiger partial charge in [-0.2, -0.15) is 0 Å². The van der Waals surface area contributed by atoms with Gasteiger partial charge in [0.1, 0.15) is 0 Å². The Morgan fingerprint density at radius 1 is 0.676 bits per heavy atom. The van der Waals surface area contributed by atoms with Crippen LogP contribution in [0.25, 0.3) is 0 Å². The lowest BCUT2D eigenvalue weighted by atomic mass is 10.0. The zero-order valence-electron chi connectivity index (χ0n) is 18.6. The van der Waals surface area contributed by atoms with E-state index in [4.69, 9.17) is 34.8 Å². The van der Waals surface area contributed by atoms with E-state index in [1.54, 1.807) is 30.3 Å². The van der Waals surface area contributed by atoms with E-state index in [-0.39, 0.29) is 33.2 Å². The lowest BCUT2D eigenvalue weighted by Gasteiger charge is -2.15. The van der Waals surface area contributed by atoms with Crippen molar-refractivity contribution in [1.82, 2.24) is 0 Å². The van der Waals surface area contributed by atoms with E-state index in [9.17, 15) is 18.0 Å². The third kappa shape index (κ3) is 6.52. The molecule has 37 heavy (non-hydrogen) atoms. The summed E-state index contributed by atoms with van der Waals surface area (Å²) in [6, 6.07) is 20.9. The van der Waals surface area contributed by atoms with Crippen LogP contribution in [0.15, 0.2) is 94.3 Å². The van der Waals surface area contributed by atoms with Gasteiger partial charge in [0.15, 0.2) is 5.78 Å². The van der Waals surface area contributed by atoms with Crippen molar-refractivity contribution in [1.29, 1.82) is 0 Å². The first kappa shape index (κ1) is 27.2. The number of hydrogen-bond acceptors (Lipinski definition) is 4. The molecule has 0 radical (unpaired) electrons. The quantitative estimate of drug-likeness (QED) is 0.203. The number of nitrogens with one attached hydrogen (secondary N) is 2. The van der Waals surface area contributed by atoms with Gasteiger partial charge in [-0.3, -0.25) is 14.3 Å². The molecule has 11 heteroatoms. The van der Waals surface area contributed by atoms with E-state index in [1.165, 1.54) is 54.6 Å². The normalized spacial score (nSPS) is 11.1. The Balaban J connectivity index is 1.67. The standard InChI is InChI=1S/C26H16BrCl3N2O4S/c27-16-3-11-24(32-37(35,36)20-9-6-18(29)7-10-20)22(13-16)26(34)31-23-12-8-19(30)14-21(23)25(33)15-1-4-17(28)5-2-15/h1-14,32H,(H,31,34). The largest absolute Gasteiger partial charge is 0.321 e. The average Bonchev–Trinajstić information content (AvgIpc) is 2.86. The Morgan fingerprint density at radius 2 is 1.24 bits per heavy atom. The predicted octanol–water partition coefficient (Wildman–Crippen LogP) is 7.69. The first-order valence-corrected chi connectivity index (χ1v) is 13.9. The molecule has 0 bridgehead atoms. The fraction of sp³-hybridized carbons (Fsp3) is 0. The van der Waals surface area contributed by atoms with Gasteiger partial charge in [0.05, 0.1) is 21.8 Å². The fourth-order valence-electron chi connectivity index (χ4n) is 3.37. The Hall–Kier alpha value is -2.88. The summed E-state index contributed by atoms with van der Waals surface area (Å²) in [4.78, 5) is 26.5. The van der Waals surface area contributed by atoms with Crippen molar-refractivity contribution in [2.24, 2.45) is 0 Å².